The molecule has 0 saturated heterocycles. The minimum absolute atomic E-state index is 0.133. The van der Waals surface area contributed by atoms with Crippen molar-refractivity contribution in [3.05, 3.63) is 28.0 Å². The minimum atomic E-state index is -0.430. The topological polar surface area (TPSA) is 39.2 Å². The fraction of sp³-hybridized carbons (Fsp3) is 0.500. The molecule has 0 aliphatic rings. The first-order chi connectivity index (χ1) is 7.78. The van der Waals surface area contributed by atoms with Crippen LogP contribution < -0.4 is 0 Å². The van der Waals surface area contributed by atoms with Crippen molar-refractivity contribution in [2.75, 3.05) is 6.61 Å². The van der Waals surface area contributed by atoms with E-state index in [1.807, 2.05) is 0 Å². The molecule has 5 heteroatoms. The normalized spacial score (nSPS) is 11.4. The van der Waals surface area contributed by atoms with Crippen molar-refractivity contribution >= 4 is 29.2 Å². The van der Waals surface area contributed by atoms with Crippen LogP contribution in [-0.4, -0.2) is 17.6 Å². The Balaban J connectivity index is 2.58. The molecular formula is C12H15Cl2NO2. The van der Waals surface area contributed by atoms with E-state index in [1.165, 1.54) is 12.1 Å². The molecule has 0 N–H and O–H groups in total. The van der Waals surface area contributed by atoms with Crippen molar-refractivity contribution in [2.24, 2.45) is 5.41 Å². The highest BCUT2D eigenvalue weighted by Crippen LogP contribution is 2.19. The van der Waals surface area contributed by atoms with Gasteiger partial charge in [-0.3, -0.25) is 0 Å². The molecule has 0 saturated carbocycles. The van der Waals surface area contributed by atoms with Crippen LogP contribution in [0.3, 0.4) is 0 Å². The smallest absolute Gasteiger partial charge is 0.338 e. The zero-order valence-electron chi connectivity index (χ0n) is 10.1. The number of carbonyl (C=O) groups excluding carboxylic acids is 1. The number of ether oxygens (including phenoxy) is 1. The van der Waals surface area contributed by atoms with Gasteiger partial charge in [-0.05, 0) is 24.0 Å². The molecule has 0 atom stereocenters. The second kappa shape index (κ2) is 5.69. The third-order valence-corrected chi connectivity index (χ3v) is 2.47. The summed E-state index contributed by atoms with van der Waals surface area (Å²) in [6, 6.07) is 2.87. The van der Waals surface area contributed by atoms with Crippen LogP contribution in [0.5, 0.6) is 0 Å². The van der Waals surface area contributed by atoms with Crippen molar-refractivity contribution < 1.29 is 9.53 Å². The average molecular weight is 276 g/mol. The summed E-state index contributed by atoms with van der Waals surface area (Å²) in [5, 5.41) is 0.362. The standard InChI is InChI=1S/C12H15Cl2NO2/c1-12(2,3)4-5-17-11(16)8-6-9(13)15-10(14)7-8/h6-7H,4-5H2,1-3H3. The van der Waals surface area contributed by atoms with Gasteiger partial charge < -0.3 is 4.74 Å². The number of pyridine rings is 1. The molecule has 0 aliphatic carbocycles. The van der Waals surface area contributed by atoms with E-state index in [2.05, 4.69) is 25.8 Å². The van der Waals surface area contributed by atoms with Crippen molar-refractivity contribution in [3.8, 4) is 0 Å². The van der Waals surface area contributed by atoms with E-state index < -0.39 is 5.97 Å². The molecule has 0 radical (unpaired) electrons. The zero-order chi connectivity index (χ0) is 13.1. The number of hydrogen-bond donors (Lipinski definition) is 0. The second-order valence-corrected chi connectivity index (χ2v) is 5.72. The second-order valence-electron chi connectivity index (χ2n) is 4.95. The van der Waals surface area contributed by atoms with Gasteiger partial charge in [-0.25, -0.2) is 9.78 Å². The highest BCUT2D eigenvalue weighted by Gasteiger charge is 2.13. The number of halogens is 2. The summed E-state index contributed by atoms with van der Waals surface area (Å²) < 4.78 is 5.13. The van der Waals surface area contributed by atoms with E-state index in [0.717, 1.165) is 6.42 Å². The van der Waals surface area contributed by atoms with E-state index in [0.29, 0.717) is 12.2 Å². The summed E-state index contributed by atoms with van der Waals surface area (Å²) in [5.41, 5.74) is 0.456. The predicted octanol–water partition coefficient (Wildman–Crippen LogP) is 3.98. The van der Waals surface area contributed by atoms with Gasteiger partial charge in [-0.1, -0.05) is 44.0 Å². The maximum absolute atomic E-state index is 11.7. The molecule has 0 aliphatic heterocycles. The molecule has 1 aromatic heterocycles. The predicted molar refractivity (Wildman–Crippen MR) is 68.6 cm³/mol. The van der Waals surface area contributed by atoms with Crippen LogP contribution in [-0.2, 0) is 4.74 Å². The van der Waals surface area contributed by atoms with Crippen LogP contribution in [0, 0.1) is 5.41 Å². The monoisotopic (exact) mass is 275 g/mol. The van der Waals surface area contributed by atoms with Gasteiger partial charge in [0.25, 0.3) is 0 Å². The molecule has 0 spiro atoms. The van der Waals surface area contributed by atoms with Crippen LogP contribution >= 0.6 is 23.2 Å². The highest BCUT2D eigenvalue weighted by atomic mass is 35.5. The Kier molecular flexibility index (Phi) is 4.78. The Hall–Kier alpha value is -0.800. The fourth-order valence-electron chi connectivity index (χ4n) is 1.12. The van der Waals surface area contributed by atoms with Gasteiger partial charge in [0.1, 0.15) is 10.3 Å². The fourth-order valence-corrected chi connectivity index (χ4v) is 1.58. The van der Waals surface area contributed by atoms with Gasteiger partial charge in [0.05, 0.1) is 12.2 Å². The molecule has 1 heterocycles. The number of rotatable bonds is 3. The van der Waals surface area contributed by atoms with Gasteiger partial charge >= 0.3 is 5.97 Å². The minimum Gasteiger partial charge on any atom is -0.462 e. The Morgan fingerprint density at radius 2 is 1.82 bits per heavy atom. The summed E-state index contributed by atoms with van der Waals surface area (Å²) in [6.45, 7) is 6.63. The lowest BCUT2D eigenvalue weighted by atomic mass is 9.93. The quantitative estimate of drug-likeness (QED) is 0.619. The molecule has 3 nitrogen and oxygen atoms in total. The van der Waals surface area contributed by atoms with Crippen molar-refractivity contribution in [3.63, 3.8) is 0 Å². The lowest BCUT2D eigenvalue weighted by molar-refractivity contribution is 0.0464. The van der Waals surface area contributed by atoms with Crippen molar-refractivity contribution in [1.82, 2.24) is 4.98 Å². The molecule has 1 rings (SSSR count). The van der Waals surface area contributed by atoms with Gasteiger partial charge in [0, 0.05) is 0 Å². The van der Waals surface area contributed by atoms with Crippen LogP contribution in [0.1, 0.15) is 37.6 Å². The summed E-state index contributed by atoms with van der Waals surface area (Å²) in [5.74, 6) is -0.430. The Labute approximate surface area is 111 Å². The van der Waals surface area contributed by atoms with Crippen molar-refractivity contribution in [1.29, 1.82) is 0 Å². The third-order valence-electron chi connectivity index (χ3n) is 2.08. The molecule has 0 aromatic carbocycles. The zero-order valence-corrected chi connectivity index (χ0v) is 11.6. The molecule has 0 fully saturated rings. The summed E-state index contributed by atoms with van der Waals surface area (Å²) in [7, 11) is 0. The molecule has 1 aromatic rings. The Morgan fingerprint density at radius 1 is 1.29 bits per heavy atom. The third kappa shape index (κ3) is 5.37. The number of hydrogen-bond acceptors (Lipinski definition) is 3. The first kappa shape index (κ1) is 14.3. The van der Waals surface area contributed by atoms with Crippen LogP contribution in [0.15, 0.2) is 12.1 Å². The van der Waals surface area contributed by atoms with E-state index in [4.69, 9.17) is 27.9 Å². The van der Waals surface area contributed by atoms with Crippen LogP contribution in [0.2, 0.25) is 10.3 Å². The summed E-state index contributed by atoms with van der Waals surface area (Å²) >= 11 is 11.4. The first-order valence-corrected chi connectivity index (χ1v) is 6.04. The van der Waals surface area contributed by atoms with E-state index in [-0.39, 0.29) is 15.7 Å². The number of aromatic nitrogens is 1. The highest BCUT2D eigenvalue weighted by molar-refractivity contribution is 6.32. The summed E-state index contributed by atoms with van der Waals surface area (Å²) in [4.78, 5) is 15.4. The van der Waals surface area contributed by atoms with Gasteiger partial charge in [0.15, 0.2) is 0 Å². The Bertz CT molecular complexity index is 393. The number of nitrogens with zero attached hydrogens (tertiary/aromatic N) is 1. The lowest BCUT2D eigenvalue weighted by Gasteiger charge is -2.17. The maximum atomic E-state index is 11.7. The van der Waals surface area contributed by atoms with Gasteiger partial charge in [-0.15, -0.1) is 0 Å². The van der Waals surface area contributed by atoms with E-state index in [1.54, 1.807) is 0 Å². The summed E-state index contributed by atoms with van der Waals surface area (Å²) in [6.07, 6.45) is 0.797. The Morgan fingerprint density at radius 3 is 2.29 bits per heavy atom. The molecular weight excluding hydrogens is 261 g/mol. The van der Waals surface area contributed by atoms with Crippen molar-refractivity contribution in [2.45, 2.75) is 27.2 Å². The molecule has 17 heavy (non-hydrogen) atoms. The molecule has 0 amide bonds. The largest absolute Gasteiger partial charge is 0.462 e. The van der Waals surface area contributed by atoms with Crippen LogP contribution in [0.4, 0.5) is 0 Å². The molecule has 94 valence electrons. The first-order valence-electron chi connectivity index (χ1n) is 5.28. The molecule has 0 bridgehead atoms. The van der Waals surface area contributed by atoms with Gasteiger partial charge in [0.2, 0.25) is 0 Å². The molecule has 0 unspecified atom stereocenters. The van der Waals surface area contributed by atoms with Crippen LogP contribution in [0.25, 0.3) is 0 Å². The van der Waals surface area contributed by atoms with E-state index in [9.17, 15) is 4.79 Å². The van der Waals surface area contributed by atoms with Gasteiger partial charge in [-0.2, -0.15) is 0 Å². The maximum Gasteiger partial charge on any atom is 0.338 e. The lowest BCUT2D eigenvalue weighted by Crippen LogP contribution is -2.13. The SMILES string of the molecule is CC(C)(C)CCOC(=O)c1cc(Cl)nc(Cl)c1. The number of esters is 1. The average Bonchev–Trinajstić information content (AvgIpc) is 2.13. The van der Waals surface area contributed by atoms with E-state index >= 15 is 0 Å². The number of carbonyl (C=O) groups is 1.